The fourth-order valence-electron chi connectivity index (χ4n) is 2.01. The number of nitrogens with zero attached hydrogens (tertiary/aromatic N) is 2. The van der Waals surface area contributed by atoms with Crippen molar-refractivity contribution in [2.75, 3.05) is 0 Å². The SMILES string of the molecule is N#Cc1ccc(-c2ccc3cccc(O)c3n2)cc1. The van der Waals surface area contributed by atoms with Crippen molar-refractivity contribution in [1.29, 1.82) is 5.26 Å². The van der Waals surface area contributed by atoms with Crippen molar-refractivity contribution in [2.24, 2.45) is 0 Å². The number of phenols is 1. The lowest BCUT2D eigenvalue weighted by molar-refractivity contribution is 0.480. The number of aromatic nitrogens is 1. The number of benzene rings is 2. The van der Waals surface area contributed by atoms with Crippen LogP contribution >= 0.6 is 0 Å². The van der Waals surface area contributed by atoms with E-state index in [-0.39, 0.29) is 5.75 Å². The molecule has 19 heavy (non-hydrogen) atoms. The van der Waals surface area contributed by atoms with Gasteiger partial charge in [0, 0.05) is 10.9 Å². The molecule has 3 aromatic rings. The Hall–Kier alpha value is -2.86. The average molecular weight is 246 g/mol. The average Bonchev–Trinajstić information content (AvgIpc) is 2.47. The highest BCUT2D eigenvalue weighted by atomic mass is 16.3. The third kappa shape index (κ3) is 2.00. The first-order valence-corrected chi connectivity index (χ1v) is 5.87. The predicted octanol–water partition coefficient (Wildman–Crippen LogP) is 3.48. The van der Waals surface area contributed by atoms with Crippen LogP contribution in [0.3, 0.4) is 0 Å². The smallest absolute Gasteiger partial charge is 0.141 e. The fourth-order valence-corrected chi connectivity index (χ4v) is 2.01. The molecule has 1 N–H and O–H groups in total. The highest BCUT2D eigenvalue weighted by Crippen LogP contribution is 2.26. The van der Waals surface area contributed by atoms with Crippen molar-refractivity contribution in [3.63, 3.8) is 0 Å². The molecule has 0 spiro atoms. The Morgan fingerprint density at radius 1 is 0.947 bits per heavy atom. The Labute approximate surface area is 110 Å². The van der Waals surface area contributed by atoms with Crippen LogP contribution in [0.15, 0.2) is 54.6 Å². The summed E-state index contributed by atoms with van der Waals surface area (Å²) >= 11 is 0. The topological polar surface area (TPSA) is 56.9 Å². The molecule has 0 atom stereocenters. The Morgan fingerprint density at radius 2 is 1.74 bits per heavy atom. The number of hydrogen-bond acceptors (Lipinski definition) is 3. The van der Waals surface area contributed by atoms with Crippen LogP contribution in [0.4, 0.5) is 0 Å². The van der Waals surface area contributed by atoms with E-state index < -0.39 is 0 Å². The molecule has 0 aliphatic rings. The maximum atomic E-state index is 9.82. The van der Waals surface area contributed by atoms with Crippen molar-refractivity contribution in [2.45, 2.75) is 0 Å². The standard InChI is InChI=1S/C16H10N2O/c17-10-11-4-6-12(7-5-11)14-9-8-13-2-1-3-15(19)16(13)18-14/h1-9,19H. The summed E-state index contributed by atoms with van der Waals surface area (Å²) in [5.74, 6) is 0.174. The van der Waals surface area contributed by atoms with E-state index in [9.17, 15) is 5.11 Å². The van der Waals surface area contributed by atoms with Crippen LogP contribution in [-0.4, -0.2) is 10.1 Å². The minimum atomic E-state index is 0.174. The third-order valence-electron chi connectivity index (χ3n) is 3.01. The first-order chi connectivity index (χ1) is 9.28. The monoisotopic (exact) mass is 246 g/mol. The first kappa shape index (κ1) is 11.2. The van der Waals surface area contributed by atoms with Crippen LogP contribution in [-0.2, 0) is 0 Å². The zero-order valence-corrected chi connectivity index (χ0v) is 10.0. The third-order valence-corrected chi connectivity index (χ3v) is 3.01. The molecule has 0 fully saturated rings. The van der Waals surface area contributed by atoms with Crippen LogP contribution < -0.4 is 0 Å². The van der Waals surface area contributed by atoms with Crippen LogP contribution in [0.2, 0.25) is 0 Å². The van der Waals surface area contributed by atoms with Crippen molar-refractivity contribution in [3.05, 3.63) is 60.2 Å². The molecule has 0 radical (unpaired) electrons. The summed E-state index contributed by atoms with van der Waals surface area (Å²) in [7, 11) is 0. The largest absolute Gasteiger partial charge is 0.506 e. The van der Waals surface area contributed by atoms with Gasteiger partial charge in [0.15, 0.2) is 0 Å². The molecule has 2 aromatic carbocycles. The second-order valence-electron chi connectivity index (χ2n) is 4.23. The van der Waals surface area contributed by atoms with E-state index in [4.69, 9.17) is 5.26 Å². The highest BCUT2D eigenvalue weighted by molar-refractivity contribution is 5.86. The summed E-state index contributed by atoms with van der Waals surface area (Å²) in [6.07, 6.45) is 0. The summed E-state index contributed by atoms with van der Waals surface area (Å²) in [6, 6.07) is 18.5. The Bertz CT molecular complexity index is 786. The number of hydrogen-bond donors (Lipinski definition) is 1. The van der Waals surface area contributed by atoms with E-state index in [0.29, 0.717) is 11.1 Å². The molecule has 0 bridgehead atoms. The summed E-state index contributed by atoms with van der Waals surface area (Å²) in [5.41, 5.74) is 2.90. The highest BCUT2D eigenvalue weighted by Gasteiger charge is 2.04. The van der Waals surface area contributed by atoms with Crippen LogP contribution in [0.25, 0.3) is 22.2 Å². The van der Waals surface area contributed by atoms with Crippen LogP contribution in [0, 0.1) is 11.3 Å². The van der Waals surface area contributed by atoms with Crippen molar-refractivity contribution < 1.29 is 5.11 Å². The predicted molar refractivity (Wildman–Crippen MR) is 73.6 cm³/mol. The second kappa shape index (κ2) is 4.43. The summed E-state index contributed by atoms with van der Waals surface area (Å²) in [4.78, 5) is 4.47. The van der Waals surface area contributed by atoms with Gasteiger partial charge in [-0.05, 0) is 24.3 Å². The van der Waals surface area contributed by atoms with Gasteiger partial charge in [0.1, 0.15) is 11.3 Å². The van der Waals surface area contributed by atoms with Gasteiger partial charge in [-0.3, -0.25) is 0 Å². The fraction of sp³-hybridized carbons (Fsp3) is 0. The molecule has 0 unspecified atom stereocenters. The van der Waals surface area contributed by atoms with Gasteiger partial charge in [0.05, 0.1) is 17.3 Å². The lowest BCUT2D eigenvalue weighted by Crippen LogP contribution is -1.86. The molecule has 90 valence electrons. The van der Waals surface area contributed by atoms with E-state index in [1.807, 2.05) is 30.3 Å². The van der Waals surface area contributed by atoms with Crippen LogP contribution in [0.5, 0.6) is 5.75 Å². The molecule has 3 rings (SSSR count). The molecule has 1 aromatic heterocycles. The van der Waals surface area contributed by atoms with Crippen molar-refractivity contribution in [1.82, 2.24) is 4.98 Å². The van der Waals surface area contributed by atoms with E-state index in [1.165, 1.54) is 0 Å². The van der Waals surface area contributed by atoms with Crippen molar-refractivity contribution in [3.8, 4) is 23.1 Å². The summed E-state index contributed by atoms with van der Waals surface area (Å²) in [6.45, 7) is 0. The molecule has 0 amide bonds. The lowest BCUT2D eigenvalue weighted by Gasteiger charge is -2.04. The zero-order valence-electron chi connectivity index (χ0n) is 10.0. The minimum Gasteiger partial charge on any atom is -0.506 e. The van der Waals surface area contributed by atoms with Gasteiger partial charge < -0.3 is 5.11 Å². The molecule has 3 nitrogen and oxygen atoms in total. The molecule has 1 heterocycles. The van der Waals surface area contributed by atoms with E-state index in [0.717, 1.165) is 16.6 Å². The van der Waals surface area contributed by atoms with Gasteiger partial charge in [0.2, 0.25) is 0 Å². The first-order valence-electron chi connectivity index (χ1n) is 5.87. The Morgan fingerprint density at radius 3 is 2.47 bits per heavy atom. The number of para-hydroxylation sites is 1. The van der Waals surface area contributed by atoms with Crippen LogP contribution in [0.1, 0.15) is 5.56 Å². The number of fused-ring (bicyclic) bond motifs is 1. The number of phenolic OH excluding ortho intramolecular Hbond substituents is 1. The molecular formula is C16H10N2O. The molecular weight excluding hydrogens is 236 g/mol. The number of aromatic hydroxyl groups is 1. The van der Waals surface area contributed by atoms with Crippen molar-refractivity contribution >= 4 is 10.9 Å². The number of rotatable bonds is 1. The maximum Gasteiger partial charge on any atom is 0.141 e. The maximum absolute atomic E-state index is 9.82. The molecule has 0 aliphatic heterocycles. The summed E-state index contributed by atoms with van der Waals surface area (Å²) in [5, 5.41) is 19.5. The Kier molecular flexibility index (Phi) is 2.62. The zero-order chi connectivity index (χ0) is 13.2. The quantitative estimate of drug-likeness (QED) is 0.715. The van der Waals surface area contributed by atoms with Gasteiger partial charge in [-0.1, -0.05) is 30.3 Å². The van der Waals surface area contributed by atoms with E-state index in [2.05, 4.69) is 11.1 Å². The van der Waals surface area contributed by atoms with Gasteiger partial charge in [-0.25, -0.2) is 4.98 Å². The number of pyridine rings is 1. The van der Waals surface area contributed by atoms with Gasteiger partial charge in [0.25, 0.3) is 0 Å². The lowest BCUT2D eigenvalue weighted by atomic mass is 10.1. The molecule has 0 aliphatic carbocycles. The summed E-state index contributed by atoms with van der Waals surface area (Å²) < 4.78 is 0. The molecule has 0 saturated heterocycles. The van der Waals surface area contributed by atoms with E-state index >= 15 is 0 Å². The van der Waals surface area contributed by atoms with Gasteiger partial charge in [-0.15, -0.1) is 0 Å². The molecule has 0 saturated carbocycles. The number of nitriles is 1. The molecule has 3 heteroatoms. The van der Waals surface area contributed by atoms with E-state index in [1.54, 1.807) is 24.3 Å². The normalized spacial score (nSPS) is 10.3. The minimum absolute atomic E-state index is 0.174. The second-order valence-corrected chi connectivity index (χ2v) is 4.23. The Balaban J connectivity index is 2.14. The van der Waals surface area contributed by atoms with Gasteiger partial charge >= 0.3 is 0 Å². The van der Waals surface area contributed by atoms with Gasteiger partial charge in [-0.2, -0.15) is 5.26 Å².